The Morgan fingerprint density at radius 3 is 2.42 bits per heavy atom. The fraction of sp³-hybridized carbons (Fsp3) is 0.130. The molecule has 0 fully saturated rings. The van der Waals surface area contributed by atoms with E-state index >= 15 is 0 Å². The summed E-state index contributed by atoms with van der Waals surface area (Å²) in [5, 5.41) is 5.36. The first-order valence-corrected chi connectivity index (χ1v) is 10.7. The molecule has 0 aliphatic carbocycles. The molecule has 8 heteroatoms. The molecule has 0 saturated heterocycles. The number of rotatable bonds is 7. The van der Waals surface area contributed by atoms with Crippen LogP contribution in [-0.4, -0.2) is 30.9 Å². The first-order valence-electron chi connectivity index (χ1n) is 9.40. The number of imide groups is 1. The van der Waals surface area contributed by atoms with Gasteiger partial charge in [-0.2, -0.15) is 0 Å². The predicted molar refractivity (Wildman–Crippen MR) is 121 cm³/mol. The van der Waals surface area contributed by atoms with Crippen molar-refractivity contribution in [2.45, 2.75) is 6.54 Å². The second-order valence-corrected chi connectivity index (χ2v) is 8.06. The van der Waals surface area contributed by atoms with Gasteiger partial charge < -0.3 is 14.8 Å². The molecular formula is C23H19ClN2O4S. The van der Waals surface area contributed by atoms with E-state index in [4.69, 9.17) is 21.1 Å². The van der Waals surface area contributed by atoms with Gasteiger partial charge >= 0.3 is 0 Å². The molecule has 3 aromatic rings. The number of para-hydroxylation sites is 1. The van der Waals surface area contributed by atoms with Crippen LogP contribution in [0.5, 0.6) is 11.5 Å². The Labute approximate surface area is 188 Å². The van der Waals surface area contributed by atoms with Crippen LogP contribution in [0.2, 0.25) is 5.02 Å². The van der Waals surface area contributed by atoms with E-state index in [1.165, 1.54) is 23.3 Å². The summed E-state index contributed by atoms with van der Waals surface area (Å²) in [4.78, 5) is 28.6. The Bertz CT molecular complexity index is 1170. The van der Waals surface area contributed by atoms with Crippen LogP contribution in [0.25, 0.3) is 5.57 Å². The first kappa shape index (κ1) is 21.0. The van der Waals surface area contributed by atoms with Crippen LogP contribution in [0.1, 0.15) is 10.4 Å². The van der Waals surface area contributed by atoms with Crippen LogP contribution >= 0.6 is 22.9 Å². The van der Waals surface area contributed by atoms with Crippen LogP contribution in [0, 0.1) is 0 Å². The molecule has 0 saturated carbocycles. The standard InChI is InChI=1S/C23H19ClN2O4S/c1-29-17-7-4-3-6-14(17)13-26-22(27)20(19-8-5-11-31-19)21(23(26)28)25-15-9-10-18(30-2)16(24)12-15/h3-12,25H,13H2,1-2H3. The van der Waals surface area contributed by atoms with E-state index in [-0.39, 0.29) is 18.1 Å². The number of anilines is 1. The molecule has 1 aliphatic heterocycles. The van der Waals surface area contributed by atoms with E-state index in [0.29, 0.717) is 32.7 Å². The van der Waals surface area contributed by atoms with Gasteiger partial charge in [0.1, 0.15) is 17.2 Å². The van der Waals surface area contributed by atoms with Crippen LogP contribution in [0.3, 0.4) is 0 Å². The lowest BCUT2D eigenvalue weighted by Gasteiger charge is -2.17. The molecule has 1 aromatic heterocycles. The molecule has 1 aliphatic rings. The van der Waals surface area contributed by atoms with Crippen molar-refractivity contribution in [2.24, 2.45) is 0 Å². The number of benzene rings is 2. The van der Waals surface area contributed by atoms with Gasteiger partial charge in [-0.15, -0.1) is 11.3 Å². The fourth-order valence-electron chi connectivity index (χ4n) is 3.38. The van der Waals surface area contributed by atoms with Crippen molar-refractivity contribution in [1.82, 2.24) is 4.90 Å². The molecule has 2 aromatic carbocycles. The van der Waals surface area contributed by atoms with E-state index in [9.17, 15) is 9.59 Å². The zero-order chi connectivity index (χ0) is 22.0. The van der Waals surface area contributed by atoms with Gasteiger partial charge in [0.15, 0.2) is 0 Å². The van der Waals surface area contributed by atoms with Crippen molar-refractivity contribution < 1.29 is 19.1 Å². The Balaban J connectivity index is 1.71. The van der Waals surface area contributed by atoms with Gasteiger partial charge in [0, 0.05) is 16.1 Å². The van der Waals surface area contributed by atoms with E-state index in [2.05, 4.69) is 5.32 Å². The zero-order valence-electron chi connectivity index (χ0n) is 16.8. The molecule has 4 rings (SSSR count). The third kappa shape index (κ3) is 4.02. The third-order valence-corrected chi connectivity index (χ3v) is 6.06. The molecule has 1 N–H and O–H groups in total. The minimum atomic E-state index is -0.411. The molecule has 0 spiro atoms. The Morgan fingerprint density at radius 1 is 0.968 bits per heavy atom. The van der Waals surface area contributed by atoms with Crippen molar-refractivity contribution in [3.8, 4) is 11.5 Å². The van der Waals surface area contributed by atoms with E-state index < -0.39 is 5.91 Å². The van der Waals surface area contributed by atoms with Crippen LogP contribution in [0.15, 0.2) is 65.7 Å². The molecule has 31 heavy (non-hydrogen) atoms. The Morgan fingerprint density at radius 2 is 1.74 bits per heavy atom. The highest BCUT2D eigenvalue weighted by atomic mass is 35.5. The third-order valence-electron chi connectivity index (χ3n) is 4.88. The van der Waals surface area contributed by atoms with E-state index in [0.717, 1.165) is 5.56 Å². The summed E-state index contributed by atoms with van der Waals surface area (Å²) in [6, 6.07) is 16.1. The summed E-state index contributed by atoms with van der Waals surface area (Å²) in [5.74, 6) is 0.363. The summed E-state index contributed by atoms with van der Waals surface area (Å²) in [7, 11) is 3.09. The maximum absolute atomic E-state index is 13.3. The number of methoxy groups -OCH3 is 2. The molecule has 0 unspecified atom stereocenters. The normalized spacial score (nSPS) is 13.7. The fourth-order valence-corrected chi connectivity index (χ4v) is 4.40. The molecular weight excluding hydrogens is 436 g/mol. The van der Waals surface area contributed by atoms with Gasteiger partial charge in [0.25, 0.3) is 11.8 Å². The molecule has 0 bridgehead atoms. The number of hydrogen-bond acceptors (Lipinski definition) is 6. The molecule has 0 radical (unpaired) electrons. The zero-order valence-corrected chi connectivity index (χ0v) is 18.4. The van der Waals surface area contributed by atoms with Gasteiger partial charge in [-0.25, -0.2) is 0 Å². The Kier molecular flexibility index (Phi) is 5.97. The van der Waals surface area contributed by atoms with Gasteiger partial charge in [-0.1, -0.05) is 35.9 Å². The monoisotopic (exact) mass is 454 g/mol. The Hall–Kier alpha value is -3.29. The van der Waals surface area contributed by atoms with Crippen molar-refractivity contribution in [3.05, 3.63) is 81.1 Å². The number of carbonyl (C=O) groups is 2. The van der Waals surface area contributed by atoms with E-state index in [1.807, 2.05) is 35.7 Å². The van der Waals surface area contributed by atoms with Gasteiger partial charge in [0.2, 0.25) is 0 Å². The lowest BCUT2D eigenvalue weighted by molar-refractivity contribution is -0.137. The number of carbonyl (C=O) groups excluding carboxylic acids is 2. The summed E-state index contributed by atoms with van der Waals surface area (Å²) in [5.41, 5.74) is 1.87. The van der Waals surface area contributed by atoms with Gasteiger partial charge in [-0.05, 0) is 35.7 Å². The highest BCUT2D eigenvalue weighted by Crippen LogP contribution is 2.35. The maximum Gasteiger partial charge on any atom is 0.278 e. The first-order chi connectivity index (χ1) is 15.0. The molecule has 6 nitrogen and oxygen atoms in total. The summed E-state index contributed by atoms with van der Waals surface area (Å²) < 4.78 is 10.6. The summed E-state index contributed by atoms with van der Waals surface area (Å²) in [6.07, 6.45) is 0. The lowest BCUT2D eigenvalue weighted by atomic mass is 10.1. The van der Waals surface area contributed by atoms with Crippen molar-refractivity contribution >= 4 is 46.0 Å². The number of nitrogens with zero attached hydrogens (tertiary/aromatic N) is 1. The minimum Gasteiger partial charge on any atom is -0.496 e. The number of nitrogens with one attached hydrogen (secondary N) is 1. The van der Waals surface area contributed by atoms with Crippen molar-refractivity contribution in [2.75, 3.05) is 19.5 Å². The average molecular weight is 455 g/mol. The molecule has 158 valence electrons. The highest BCUT2D eigenvalue weighted by Gasteiger charge is 2.40. The second kappa shape index (κ2) is 8.83. The van der Waals surface area contributed by atoms with E-state index in [1.54, 1.807) is 31.4 Å². The van der Waals surface area contributed by atoms with Crippen LogP contribution in [-0.2, 0) is 16.1 Å². The summed E-state index contributed by atoms with van der Waals surface area (Å²) in [6.45, 7) is 0.102. The summed E-state index contributed by atoms with van der Waals surface area (Å²) >= 11 is 7.63. The number of ether oxygens (including phenoxy) is 2. The smallest absolute Gasteiger partial charge is 0.278 e. The molecule has 2 heterocycles. The second-order valence-electron chi connectivity index (χ2n) is 6.71. The van der Waals surface area contributed by atoms with Crippen LogP contribution < -0.4 is 14.8 Å². The average Bonchev–Trinajstić information content (AvgIpc) is 3.37. The predicted octanol–water partition coefficient (Wildman–Crippen LogP) is 4.81. The van der Waals surface area contributed by atoms with Crippen molar-refractivity contribution in [3.63, 3.8) is 0 Å². The SMILES string of the molecule is COc1ccc(NC2=C(c3cccs3)C(=O)N(Cc3ccccc3OC)C2=O)cc1Cl. The van der Waals surface area contributed by atoms with Gasteiger partial charge in [0.05, 0.1) is 31.4 Å². The van der Waals surface area contributed by atoms with Crippen molar-refractivity contribution in [1.29, 1.82) is 0 Å². The number of amides is 2. The maximum atomic E-state index is 13.3. The number of halogens is 1. The number of hydrogen-bond donors (Lipinski definition) is 1. The van der Waals surface area contributed by atoms with Crippen LogP contribution in [0.4, 0.5) is 5.69 Å². The topological polar surface area (TPSA) is 67.9 Å². The minimum absolute atomic E-state index is 0.102. The highest BCUT2D eigenvalue weighted by molar-refractivity contribution is 7.11. The molecule has 2 amide bonds. The quantitative estimate of drug-likeness (QED) is 0.519. The number of thiophene rings is 1. The largest absolute Gasteiger partial charge is 0.496 e. The van der Waals surface area contributed by atoms with Gasteiger partial charge in [-0.3, -0.25) is 14.5 Å². The lowest BCUT2D eigenvalue weighted by Crippen LogP contribution is -2.32. The molecule has 0 atom stereocenters.